The number of carbonyl (C=O) groups is 1. The third-order valence-electron chi connectivity index (χ3n) is 2.70. The standard InChI is InChI=1S/C13H13FN2O/c1-8-4-5-10(14)6-11(8)13(17)12-7-16(3)15-9(12)2/h4-7H,1-3H3. The first kappa shape index (κ1) is 11.5. The molecule has 0 aliphatic carbocycles. The fourth-order valence-corrected chi connectivity index (χ4v) is 1.81. The number of aryl methyl sites for hydroxylation is 3. The molecule has 0 spiro atoms. The van der Waals surface area contributed by atoms with Crippen molar-refractivity contribution in [2.75, 3.05) is 0 Å². The van der Waals surface area contributed by atoms with Crippen molar-refractivity contribution in [1.82, 2.24) is 9.78 Å². The van der Waals surface area contributed by atoms with E-state index in [1.165, 1.54) is 12.1 Å². The Hall–Kier alpha value is -1.97. The second-order valence-corrected chi connectivity index (χ2v) is 4.09. The van der Waals surface area contributed by atoms with Crippen LogP contribution in [0.15, 0.2) is 24.4 Å². The highest BCUT2D eigenvalue weighted by Gasteiger charge is 2.17. The molecule has 2 rings (SSSR count). The highest BCUT2D eigenvalue weighted by Crippen LogP contribution is 2.17. The van der Waals surface area contributed by atoms with Gasteiger partial charge in [0.25, 0.3) is 0 Å². The molecule has 0 atom stereocenters. The van der Waals surface area contributed by atoms with Crippen LogP contribution in [0.1, 0.15) is 27.2 Å². The zero-order valence-electron chi connectivity index (χ0n) is 9.99. The zero-order chi connectivity index (χ0) is 12.6. The first-order chi connectivity index (χ1) is 7.99. The van der Waals surface area contributed by atoms with Gasteiger partial charge in [-0.1, -0.05) is 6.07 Å². The molecular weight excluding hydrogens is 219 g/mol. The number of hydrogen-bond acceptors (Lipinski definition) is 2. The van der Waals surface area contributed by atoms with E-state index in [1.807, 2.05) is 0 Å². The van der Waals surface area contributed by atoms with Crippen molar-refractivity contribution in [1.29, 1.82) is 0 Å². The van der Waals surface area contributed by atoms with E-state index in [0.29, 0.717) is 16.8 Å². The number of ketones is 1. The average Bonchev–Trinajstić information content (AvgIpc) is 2.60. The molecule has 88 valence electrons. The predicted molar refractivity (Wildman–Crippen MR) is 62.5 cm³/mol. The summed E-state index contributed by atoms with van der Waals surface area (Å²) in [6.07, 6.45) is 1.65. The van der Waals surface area contributed by atoms with Crippen LogP contribution < -0.4 is 0 Å². The van der Waals surface area contributed by atoms with Gasteiger partial charge >= 0.3 is 0 Å². The quantitative estimate of drug-likeness (QED) is 0.745. The third-order valence-corrected chi connectivity index (χ3v) is 2.70. The molecule has 0 saturated heterocycles. The van der Waals surface area contributed by atoms with Gasteiger partial charge in [0.1, 0.15) is 5.82 Å². The SMILES string of the molecule is Cc1ccc(F)cc1C(=O)c1cn(C)nc1C. The summed E-state index contributed by atoms with van der Waals surface area (Å²) in [6.45, 7) is 3.56. The lowest BCUT2D eigenvalue weighted by atomic mass is 10.00. The second-order valence-electron chi connectivity index (χ2n) is 4.09. The highest BCUT2D eigenvalue weighted by atomic mass is 19.1. The van der Waals surface area contributed by atoms with Gasteiger partial charge in [-0.15, -0.1) is 0 Å². The average molecular weight is 232 g/mol. The Morgan fingerprint density at radius 1 is 1.29 bits per heavy atom. The van der Waals surface area contributed by atoms with Gasteiger partial charge in [-0.2, -0.15) is 5.10 Å². The Labute approximate surface area is 98.9 Å². The molecule has 4 heteroatoms. The summed E-state index contributed by atoms with van der Waals surface area (Å²) >= 11 is 0. The van der Waals surface area contributed by atoms with E-state index < -0.39 is 5.82 Å². The zero-order valence-corrected chi connectivity index (χ0v) is 9.99. The molecule has 1 aromatic carbocycles. The summed E-state index contributed by atoms with van der Waals surface area (Å²) in [5.74, 6) is -0.590. The molecule has 0 fully saturated rings. The van der Waals surface area contributed by atoms with E-state index in [0.717, 1.165) is 5.56 Å². The van der Waals surface area contributed by atoms with Crippen LogP contribution in [0.4, 0.5) is 4.39 Å². The van der Waals surface area contributed by atoms with E-state index in [1.54, 1.807) is 37.8 Å². The summed E-state index contributed by atoms with van der Waals surface area (Å²) in [5.41, 5.74) is 2.32. The van der Waals surface area contributed by atoms with Gasteiger partial charge in [-0.05, 0) is 31.5 Å². The lowest BCUT2D eigenvalue weighted by molar-refractivity contribution is 0.103. The number of hydrogen-bond donors (Lipinski definition) is 0. The molecule has 1 aromatic heterocycles. The number of rotatable bonds is 2. The van der Waals surface area contributed by atoms with Gasteiger partial charge < -0.3 is 0 Å². The molecule has 17 heavy (non-hydrogen) atoms. The normalized spacial score (nSPS) is 10.6. The van der Waals surface area contributed by atoms with Crippen molar-refractivity contribution in [3.8, 4) is 0 Å². The van der Waals surface area contributed by atoms with Crippen LogP contribution in [-0.4, -0.2) is 15.6 Å². The lowest BCUT2D eigenvalue weighted by Gasteiger charge is -2.03. The Kier molecular flexibility index (Phi) is 2.79. The number of nitrogens with zero attached hydrogens (tertiary/aromatic N) is 2. The number of benzene rings is 1. The minimum Gasteiger partial charge on any atom is -0.288 e. The Bertz CT molecular complexity index is 587. The van der Waals surface area contributed by atoms with Gasteiger partial charge in [0.05, 0.1) is 11.3 Å². The van der Waals surface area contributed by atoms with Gasteiger partial charge in [0, 0.05) is 18.8 Å². The molecule has 0 aliphatic heterocycles. The highest BCUT2D eigenvalue weighted by molar-refractivity contribution is 6.10. The van der Waals surface area contributed by atoms with Crippen molar-refractivity contribution < 1.29 is 9.18 Å². The van der Waals surface area contributed by atoms with Gasteiger partial charge in [0.2, 0.25) is 0 Å². The van der Waals surface area contributed by atoms with Gasteiger partial charge in [-0.25, -0.2) is 4.39 Å². The molecule has 0 bridgehead atoms. The Morgan fingerprint density at radius 3 is 2.59 bits per heavy atom. The maximum absolute atomic E-state index is 13.2. The van der Waals surface area contributed by atoms with Crippen LogP contribution in [0.2, 0.25) is 0 Å². The van der Waals surface area contributed by atoms with Crippen LogP contribution in [0.5, 0.6) is 0 Å². The van der Waals surface area contributed by atoms with Crippen molar-refractivity contribution in [3.05, 3.63) is 52.6 Å². The number of halogens is 1. The van der Waals surface area contributed by atoms with Crippen molar-refractivity contribution in [2.45, 2.75) is 13.8 Å². The first-order valence-corrected chi connectivity index (χ1v) is 5.30. The largest absolute Gasteiger partial charge is 0.288 e. The molecule has 1 heterocycles. The summed E-state index contributed by atoms with van der Waals surface area (Å²) < 4.78 is 14.7. The minimum absolute atomic E-state index is 0.187. The monoisotopic (exact) mass is 232 g/mol. The molecule has 0 N–H and O–H groups in total. The fraction of sp³-hybridized carbons (Fsp3) is 0.231. The van der Waals surface area contributed by atoms with Gasteiger partial charge in [0.15, 0.2) is 5.78 Å². The first-order valence-electron chi connectivity index (χ1n) is 5.30. The Morgan fingerprint density at radius 2 is 2.00 bits per heavy atom. The summed E-state index contributed by atoms with van der Waals surface area (Å²) in [4.78, 5) is 12.2. The molecule has 0 aliphatic rings. The van der Waals surface area contributed by atoms with Crippen LogP contribution in [0, 0.1) is 19.7 Å². The molecule has 0 amide bonds. The maximum Gasteiger partial charge on any atom is 0.196 e. The lowest BCUT2D eigenvalue weighted by Crippen LogP contribution is -2.05. The van der Waals surface area contributed by atoms with Crippen molar-refractivity contribution in [2.24, 2.45) is 7.05 Å². The molecular formula is C13H13FN2O. The Balaban J connectivity index is 2.50. The van der Waals surface area contributed by atoms with Crippen LogP contribution in [0.3, 0.4) is 0 Å². The molecule has 0 unspecified atom stereocenters. The summed E-state index contributed by atoms with van der Waals surface area (Å²) in [7, 11) is 1.75. The van der Waals surface area contributed by atoms with Crippen LogP contribution in [-0.2, 0) is 7.05 Å². The van der Waals surface area contributed by atoms with Crippen molar-refractivity contribution in [3.63, 3.8) is 0 Å². The van der Waals surface area contributed by atoms with E-state index in [-0.39, 0.29) is 5.78 Å². The van der Waals surface area contributed by atoms with Crippen LogP contribution in [0.25, 0.3) is 0 Å². The molecule has 0 radical (unpaired) electrons. The summed E-state index contributed by atoms with van der Waals surface area (Å²) in [6, 6.07) is 4.22. The smallest absolute Gasteiger partial charge is 0.196 e. The molecule has 2 aromatic rings. The van der Waals surface area contributed by atoms with E-state index in [4.69, 9.17) is 0 Å². The van der Waals surface area contributed by atoms with E-state index >= 15 is 0 Å². The predicted octanol–water partition coefficient (Wildman–Crippen LogP) is 2.41. The topological polar surface area (TPSA) is 34.9 Å². The third kappa shape index (κ3) is 2.11. The second kappa shape index (κ2) is 4.13. The van der Waals surface area contributed by atoms with E-state index in [9.17, 15) is 9.18 Å². The van der Waals surface area contributed by atoms with Crippen molar-refractivity contribution >= 4 is 5.78 Å². The minimum atomic E-state index is -0.402. The number of aromatic nitrogens is 2. The number of carbonyl (C=O) groups excluding carboxylic acids is 1. The van der Waals surface area contributed by atoms with Crippen LogP contribution >= 0.6 is 0 Å². The summed E-state index contributed by atoms with van der Waals surface area (Å²) in [5, 5.41) is 4.11. The molecule has 3 nitrogen and oxygen atoms in total. The van der Waals surface area contributed by atoms with E-state index in [2.05, 4.69) is 5.10 Å². The molecule has 0 saturated carbocycles. The fourth-order valence-electron chi connectivity index (χ4n) is 1.81. The van der Waals surface area contributed by atoms with Gasteiger partial charge in [-0.3, -0.25) is 9.48 Å². The maximum atomic E-state index is 13.2.